The van der Waals surface area contributed by atoms with Crippen LogP contribution in [-0.2, 0) is 11.4 Å². The van der Waals surface area contributed by atoms with Crippen molar-refractivity contribution in [3.05, 3.63) is 83.8 Å². The normalized spacial score (nSPS) is 12.3. The minimum Gasteiger partial charge on any atom is -0.487 e. The van der Waals surface area contributed by atoms with Crippen LogP contribution in [-0.4, -0.2) is 31.7 Å². The summed E-state index contributed by atoms with van der Waals surface area (Å²) in [6.07, 6.45) is 1.68. The number of aromatic nitrogens is 3. The molecule has 0 bridgehead atoms. The van der Waals surface area contributed by atoms with Crippen LogP contribution in [0.4, 0.5) is 5.69 Å². The predicted octanol–water partition coefficient (Wildman–Crippen LogP) is 5.24. The number of hydrogen-bond acceptors (Lipinski definition) is 5. The van der Waals surface area contributed by atoms with Crippen LogP contribution in [0, 0.1) is 12.3 Å². The zero-order valence-electron chi connectivity index (χ0n) is 20.1. The van der Waals surface area contributed by atoms with Gasteiger partial charge in [0.1, 0.15) is 18.1 Å². The quantitative estimate of drug-likeness (QED) is 0.381. The monoisotopic (exact) mass is 472 g/mol. The first-order valence-electron chi connectivity index (χ1n) is 11.3. The Bertz CT molecular complexity index is 1370. The Morgan fingerprint density at radius 1 is 1.09 bits per heavy atom. The van der Waals surface area contributed by atoms with E-state index in [1.165, 1.54) is 4.68 Å². The molecule has 35 heavy (non-hydrogen) atoms. The second-order valence-corrected chi connectivity index (χ2v) is 9.52. The van der Waals surface area contributed by atoms with E-state index in [1.54, 1.807) is 30.5 Å². The van der Waals surface area contributed by atoms with E-state index in [-0.39, 0.29) is 11.6 Å². The van der Waals surface area contributed by atoms with Crippen molar-refractivity contribution in [1.82, 2.24) is 14.8 Å². The Labute approximate surface area is 203 Å². The standard InChI is InChI=1S/C27H28N4O4/c1-17-9-8-12-20(28-17)25(32)29-22-13-19-15-31(24(26(33)34)27(2,3)4)30-21(19)14-23(22)35-16-18-10-6-5-7-11-18/h5-15,24H,16H2,1-4H3,(H,29,32)(H,33,34). The molecule has 2 N–H and O–H groups in total. The van der Waals surface area contributed by atoms with Crippen LogP contribution in [0.3, 0.4) is 0 Å². The number of carbonyl (C=O) groups excluding carboxylic acids is 1. The first kappa shape index (κ1) is 23.9. The molecule has 2 heterocycles. The first-order chi connectivity index (χ1) is 16.6. The van der Waals surface area contributed by atoms with E-state index in [9.17, 15) is 14.7 Å². The summed E-state index contributed by atoms with van der Waals surface area (Å²) < 4.78 is 7.54. The molecule has 2 aromatic carbocycles. The van der Waals surface area contributed by atoms with Crippen LogP contribution in [0.2, 0.25) is 0 Å². The van der Waals surface area contributed by atoms with Crippen LogP contribution in [0.1, 0.15) is 48.6 Å². The largest absolute Gasteiger partial charge is 0.487 e. The highest BCUT2D eigenvalue weighted by molar-refractivity contribution is 6.05. The van der Waals surface area contributed by atoms with E-state index in [4.69, 9.17) is 4.74 Å². The van der Waals surface area contributed by atoms with Gasteiger partial charge in [-0.1, -0.05) is 57.2 Å². The van der Waals surface area contributed by atoms with Gasteiger partial charge in [0, 0.05) is 23.3 Å². The van der Waals surface area contributed by atoms with Crippen molar-refractivity contribution < 1.29 is 19.4 Å². The van der Waals surface area contributed by atoms with E-state index in [1.807, 2.05) is 64.1 Å². The van der Waals surface area contributed by atoms with E-state index in [0.717, 1.165) is 11.3 Å². The third kappa shape index (κ3) is 5.48. The number of amides is 1. The third-order valence-electron chi connectivity index (χ3n) is 5.55. The number of rotatable bonds is 7. The molecule has 0 aliphatic carbocycles. The maximum Gasteiger partial charge on any atom is 0.329 e. The topological polar surface area (TPSA) is 106 Å². The number of aryl methyl sites for hydroxylation is 1. The lowest BCUT2D eigenvalue weighted by molar-refractivity contribution is -0.144. The molecule has 1 atom stereocenters. The average molecular weight is 473 g/mol. The molecule has 0 saturated heterocycles. The molecule has 0 saturated carbocycles. The van der Waals surface area contributed by atoms with Crippen LogP contribution in [0.25, 0.3) is 10.9 Å². The van der Waals surface area contributed by atoms with E-state index < -0.39 is 17.4 Å². The number of hydrogen-bond donors (Lipinski definition) is 2. The molecular formula is C27H28N4O4. The SMILES string of the molecule is Cc1cccc(C(=O)Nc2cc3cn(C(C(=O)O)C(C)(C)C)nc3cc2OCc2ccccc2)n1. The highest BCUT2D eigenvalue weighted by Gasteiger charge is 2.34. The van der Waals surface area contributed by atoms with Crippen LogP contribution >= 0.6 is 0 Å². The zero-order valence-corrected chi connectivity index (χ0v) is 20.1. The van der Waals surface area contributed by atoms with Crippen molar-refractivity contribution in [1.29, 1.82) is 0 Å². The Hall–Kier alpha value is -4.20. The van der Waals surface area contributed by atoms with E-state index in [2.05, 4.69) is 15.4 Å². The van der Waals surface area contributed by atoms with Crippen molar-refractivity contribution in [2.75, 3.05) is 5.32 Å². The van der Waals surface area contributed by atoms with Gasteiger partial charge in [0.05, 0.1) is 11.2 Å². The summed E-state index contributed by atoms with van der Waals surface area (Å²) in [7, 11) is 0. The molecule has 0 fully saturated rings. The molecule has 4 rings (SSSR count). The molecule has 1 amide bonds. The number of carboxylic acids is 1. The van der Waals surface area contributed by atoms with Crippen LogP contribution in [0.5, 0.6) is 5.75 Å². The van der Waals surface area contributed by atoms with E-state index >= 15 is 0 Å². The number of pyridine rings is 1. The van der Waals surface area contributed by atoms with E-state index in [0.29, 0.717) is 28.9 Å². The molecule has 8 heteroatoms. The molecule has 2 aromatic heterocycles. The lowest BCUT2D eigenvalue weighted by atomic mass is 9.87. The van der Waals surface area contributed by atoms with Gasteiger partial charge in [-0.3, -0.25) is 9.48 Å². The van der Waals surface area contributed by atoms with Crippen molar-refractivity contribution in [2.24, 2.45) is 5.41 Å². The fourth-order valence-corrected chi connectivity index (χ4v) is 3.89. The van der Waals surface area contributed by atoms with Gasteiger partial charge in [0.25, 0.3) is 5.91 Å². The number of benzene rings is 2. The Morgan fingerprint density at radius 2 is 1.83 bits per heavy atom. The fraction of sp³-hybridized carbons (Fsp3) is 0.259. The summed E-state index contributed by atoms with van der Waals surface area (Å²) in [6.45, 7) is 7.67. The molecule has 0 aliphatic heterocycles. The predicted molar refractivity (Wildman–Crippen MR) is 134 cm³/mol. The molecule has 180 valence electrons. The molecule has 0 radical (unpaired) electrons. The van der Waals surface area contributed by atoms with Gasteiger partial charge in [-0.2, -0.15) is 5.10 Å². The smallest absolute Gasteiger partial charge is 0.329 e. The van der Waals surface area contributed by atoms with Gasteiger partial charge >= 0.3 is 5.97 Å². The average Bonchev–Trinajstić information content (AvgIpc) is 3.18. The van der Waals surface area contributed by atoms with Crippen molar-refractivity contribution in [3.8, 4) is 5.75 Å². The van der Waals surface area contributed by atoms with Crippen LogP contribution in [0.15, 0.2) is 66.9 Å². The molecular weight excluding hydrogens is 444 g/mol. The number of anilines is 1. The van der Waals surface area contributed by atoms with Crippen molar-refractivity contribution in [2.45, 2.75) is 40.3 Å². The van der Waals surface area contributed by atoms with Gasteiger partial charge < -0.3 is 15.2 Å². The van der Waals surface area contributed by atoms with Gasteiger partial charge in [-0.05, 0) is 36.1 Å². The first-order valence-corrected chi connectivity index (χ1v) is 11.3. The maximum absolute atomic E-state index is 12.9. The number of nitrogens with zero attached hydrogens (tertiary/aromatic N) is 3. The van der Waals surface area contributed by atoms with Gasteiger partial charge in [-0.15, -0.1) is 0 Å². The summed E-state index contributed by atoms with van der Waals surface area (Å²) in [5.41, 5.74) is 2.44. The lowest BCUT2D eigenvalue weighted by Gasteiger charge is -2.26. The summed E-state index contributed by atoms with van der Waals surface area (Å²) >= 11 is 0. The number of ether oxygens (including phenoxy) is 1. The summed E-state index contributed by atoms with van der Waals surface area (Å²) in [6, 6.07) is 17.5. The number of carbonyl (C=O) groups is 2. The second kappa shape index (κ2) is 9.58. The molecule has 4 aromatic rings. The Morgan fingerprint density at radius 3 is 2.49 bits per heavy atom. The molecule has 0 spiro atoms. The highest BCUT2D eigenvalue weighted by atomic mass is 16.5. The maximum atomic E-state index is 12.9. The Kier molecular flexibility index (Phi) is 6.55. The molecule has 0 aliphatic rings. The third-order valence-corrected chi connectivity index (χ3v) is 5.55. The molecule has 8 nitrogen and oxygen atoms in total. The van der Waals surface area contributed by atoms with Gasteiger partial charge in [0.15, 0.2) is 6.04 Å². The lowest BCUT2D eigenvalue weighted by Crippen LogP contribution is -2.31. The second-order valence-electron chi connectivity index (χ2n) is 9.52. The van der Waals surface area contributed by atoms with Crippen molar-refractivity contribution in [3.63, 3.8) is 0 Å². The summed E-state index contributed by atoms with van der Waals surface area (Å²) in [4.78, 5) is 29.2. The van der Waals surface area contributed by atoms with Gasteiger partial charge in [-0.25, -0.2) is 9.78 Å². The fourth-order valence-electron chi connectivity index (χ4n) is 3.89. The van der Waals surface area contributed by atoms with Crippen molar-refractivity contribution >= 4 is 28.5 Å². The molecule has 1 unspecified atom stereocenters. The van der Waals surface area contributed by atoms with Crippen LogP contribution < -0.4 is 10.1 Å². The number of aliphatic carboxylic acids is 1. The number of fused-ring (bicyclic) bond motifs is 1. The Balaban J connectivity index is 1.73. The highest BCUT2D eigenvalue weighted by Crippen LogP contribution is 2.35. The zero-order chi connectivity index (χ0) is 25.2. The summed E-state index contributed by atoms with van der Waals surface area (Å²) in [5, 5.41) is 17.9. The number of nitrogens with one attached hydrogen (secondary N) is 1. The minimum absolute atomic E-state index is 0.286. The summed E-state index contributed by atoms with van der Waals surface area (Å²) in [5.74, 6) is -0.914. The number of carboxylic acid groups (broad SMARTS) is 1. The minimum atomic E-state index is -0.968. The van der Waals surface area contributed by atoms with Gasteiger partial charge in [0.2, 0.25) is 0 Å².